The van der Waals surface area contributed by atoms with Crippen LogP contribution in [0.3, 0.4) is 0 Å². The van der Waals surface area contributed by atoms with Gasteiger partial charge in [-0.05, 0) is 99.6 Å². The van der Waals surface area contributed by atoms with Crippen LogP contribution < -0.4 is 0 Å². The molecule has 0 spiro atoms. The third-order valence-corrected chi connectivity index (χ3v) is 8.61. The highest BCUT2D eigenvalue weighted by Gasteiger charge is 2.34. The molecule has 0 radical (unpaired) electrons. The van der Waals surface area contributed by atoms with Crippen LogP contribution >= 0.6 is 11.8 Å². The normalized spacial score (nSPS) is 43.9. The fourth-order valence-electron chi connectivity index (χ4n) is 5.81. The maximum Gasteiger partial charge on any atom is 0.00471 e. The Hall–Kier alpha value is 0.350. The molecule has 3 fully saturated rings. The van der Waals surface area contributed by atoms with Crippen molar-refractivity contribution < 1.29 is 0 Å². The maximum absolute atomic E-state index is 2.46. The topological polar surface area (TPSA) is 0 Å². The van der Waals surface area contributed by atoms with Crippen LogP contribution in [0.1, 0.15) is 90.9 Å². The molecule has 1 heteroatoms. The second-order valence-corrected chi connectivity index (χ2v) is 10.3. The van der Waals surface area contributed by atoms with Crippen LogP contribution in [0.4, 0.5) is 0 Å². The zero-order chi connectivity index (χ0) is 15.4. The minimum atomic E-state index is 1.00. The Morgan fingerprint density at radius 1 is 0.591 bits per heavy atom. The smallest absolute Gasteiger partial charge is 0.00471 e. The summed E-state index contributed by atoms with van der Waals surface area (Å²) in [7, 11) is 0. The van der Waals surface area contributed by atoms with Crippen molar-refractivity contribution in [3.63, 3.8) is 0 Å². The van der Waals surface area contributed by atoms with Gasteiger partial charge in [-0.3, -0.25) is 0 Å². The van der Waals surface area contributed by atoms with E-state index < -0.39 is 0 Å². The first kappa shape index (κ1) is 17.2. The molecule has 0 N–H and O–H groups in total. The van der Waals surface area contributed by atoms with Crippen molar-refractivity contribution in [2.45, 2.75) is 96.1 Å². The molecule has 0 heterocycles. The van der Waals surface area contributed by atoms with E-state index >= 15 is 0 Å². The van der Waals surface area contributed by atoms with Gasteiger partial charge < -0.3 is 0 Å². The molecule has 22 heavy (non-hydrogen) atoms. The monoisotopic (exact) mass is 322 g/mol. The van der Waals surface area contributed by atoms with Crippen LogP contribution in [0, 0.1) is 29.6 Å². The summed E-state index contributed by atoms with van der Waals surface area (Å²) in [5.41, 5.74) is 0. The van der Waals surface area contributed by atoms with Gasteiger partial charge >= 0.3 is 0 Å². The molecule has 3 rings (SSSR count). The SMILES string of the molecule is CCSC1CCC(C2CCC(C3CCC(C)CC3)CC2)CC1. The molecule has 0 unspecified atom stereocenters. The van der Waals surface area contributed by atoms with Gasteiger partial charge in [0, 0.05) is 5.25 Å². The highest BCUT2D eigenvalue weighted by Crippen LogP contribution is 2.46. The number of rotatable bonds is 4. The molecule has 3 aliphatic carbocycles. The summed E-state index contributed by atoms with van der Waals surface area (Å²) in [5, 5.41) is 1.00. The highest BCUT2D eigenvalue weighted by atomic mass is 32.2. The van der Waals surface area contributed by atoms with Crippen LogP contribution in [-0.4, -0.2) is 11.0 Å². The van der Waals surface area contributed by atoms with E-state index in [1.54, 1.807) is 51.4 Å². The minimum absolute atomic E-state index is 1.00. The molecule has 0 nitrogen and oxygen atoms in total. The Morgan fingerprint density at radius 2 is 0.955 bits per heavy atom. The average Bonchev–Trinajstić information content (AvgIpc) is 2.57. The predicted octanol–water partition coefficient (Wildman–Crippen LogP) is 6.93. The van der Waals surface area contributed by atoms with E-state index in [0.717, 1.165) is 34.8 Å². The number of hydrogen-bond acceptors (Lipinski definition) is 1. The zero-order valence-electron chi connectivity index (χ0n) is 15.1. The molecular weight excluding hydrogens is 284 g/mol. The van der Waals surface area contributed by atoms with E-state index in [-0.39, 0.29) is 0 Å². The highest BCUT2D eigenvalue weighted by molar-refractivity contribution is 7.99. The van der Waals surface area contributed by atoms with Crippen LogP contribution in [0.5, 0.6) is 0 Å². The summed E-state index contributed by atoms with van der Waals surface area (Å²) in [6.45, 7) is 4.78. The van der Waals surface area contributed by atoms with Crippen molar-refractivity contribution in [3.05, 3.63) is 0 Å². The van der Waals surface area contributed by atoms with Gasteiger partial charge in [0.05, 0.1) is 0 Å². The first-order valence-corrected chi connectivity index (χ1v) is 11.4. The lowest BCUT2D eigenvalue weighted by molar-refractivity contribution is 0.115. The van der Waals surface area contributed by atoms with Crippen molar-refractivity contribution in [1.82, 2.24) is 0 Å². The molecule has 128 valence electrons. The third kappa shape index (κ3) is 4.46. The van der Waals surface area contributed by atoms with E-state index in [4.69, 9.17) is 0 Å². The lowest BCUT2D eigenvalue weighted by Gasteiger charge is -2.41. The van der Waals surface area contributed by atoms with E-state index in [1.165, 1.54) is 31.4 Å². The maximum atomic E-state index is 2.46. The molecule has 0 aromatic carbocycles. The first-order valence-electron chi connectivity index (χ1n) is 10.4. The summed E-state index contributed by atoms with van der Waals surface area (Å²) in [5.74, 6) is 6.75. The van der Waals surface area contributed by atoms with Gasteiger partial charge in [0.1, 0.15) is 0 Å². The van der Waals surface area contributed by atoms with Gasteiger partial charge in [0.15, 0.2) is 0 Å². The quantitative estimate of drug-likeness (QED) is 0.540. The standard InChI is InChI=1S/C21H38S/c1-3-22-21-14-12-20(13-15-21)19-10-8-18(9-11-19)17-6-4-16(2)5-7-17/h16-21H,3-15H2,1-2H3. The minimum Gasteiger partial charge on any atom is -0.159 e. The fraction of sp³-hybridized carbons (Fsp3) is 1.00. The van der Waals surface area contributed by atoms with Crippen molar-refractivity contribution in [1.29, 1.82) is 0 Å². The Kier molecular flexibility index (Phi) is 6.60. The molecular formula is C21H38S. The third-order valence-electron chi connectivity index (χ3n) is 7.33. The molecule has 0 bridgehead atoms. The van der Waals surface area contributed by atoms with Crippen LogP contribution in [0.15, 0.2) is 0 Å². The van der Waals surface area contributed by atoms with E-state index in [2.05, 4.69) is 25.6 Å². The van der Waals surface area contributed by atoms with Gasteiger partial charge in [0.2, 0.25) is 0 Å². The van der Waals surface area contributed by atoms with E-state index in [1.807, 2.05) is 0 Å². The Morgan fingerprint density at radius 3 is 1.36 bits per heavy atom. The summed E-state index contributed by atoms with van der Waals surface area (Å²) in [4.78, 5) is 0. The van der Waals surface area contributed by atoms with Gasteiger partial charge in [-0.1, -0.05) is 26.7 Å². The molecule has 0 aliphatic heterocycles. The predicted molar refractivity (Wildman–Crippen MR) is 100 cm³/mol. The average molecular weight is 323 g/mol. The Bertz CT molecular complexity index is 302. The van der Waals surface area contributed by atoms with Crippen LogP contribution in [-0.2, 0) is 0 Å². The van der Waals surface area contributed by atoms with Crippen molar-refractivity contribution >= 4 is 11.8 Å². The summed E-state index contributed by atoms with van der Waals surface area (Å²) in [6, 6.07) is 0. The lowest BCUT2D eigenvalue weighted by Crippen LogP contribution is -2.30. The zero-order valence-corrected chi connectivity index (χ0v) is 15.9. The fourth-order valence-corrected chi connectivity index (χ4v) is 6.88. The van der Waals surface area contributed by atoms with Crippen molar-refractivity contribution in [2.75, 3.05) is 5.75 Å². The van der Waals surface area contributed by atoms with Gasteiger partial charge in [-0.15, -0.1) is 0 Å². The van der Waals surface area contributed by atoms with E-state index in [9.17, 15) is 0 Å². The molecule has 0 amide bonds. The molecule has 3 aliphatic rings. The van der Waals surface area contributed by atoms with Crippen LogP contribution in [0.2, 0.25) is 0 Å². The largest absolute Gasteiger partial charge is 0.159 e. The van der Waals surface area contributed by atoms with Gasteiger partial charge in [0.25, 0.3) is 0 Å². The molecule has 0 aromatic rings. The number of hydrogen-bond donors (Lipinski definition) is 0. The van der Waals surface area contributed by atoms with Gasteiger partial charge in [-0.25, -0.2) is 0 Å². The molecule has 0 aromatic heterocycles. The summed E-state index contributed by atoms with van der Waals surface area (Å²) >= 11 is 2.22. The van der Waals surface area contributed by atoms with Gasteiger partial charge in [-0.2, -0.15) is 11.8 Å². The summed E-state index contributed by atoms with van der Waals surface area (Å²) < 4.78 is 0. The van der Waals surface area contributed by atoms with Crippen molar-refractivity contribution in [3.8, 4) is 0 Å². The second-order valence-electron chi connectivity index (χ2n) is 8.69. The first-order chi connectivity index (χ1) is 10.8. The summed E-state index contributed by atoms with van der Waals surface area (Å²) in [6.07, 6.45) is 18.6. The second kappa shape index (κ2) is 8.45. The Balaban J connectivity index is 1.39. The number of thioether (sulfide) groups is 1. The van der Waals surface area contributed by atoms with Crippen LogP contribution in [0.25, 0.3) is 0 Å². The molecule has 0 atom stereocenters. The Labute approximate surface area is 143 Å². The molecule has 0 saturated heterocycles. The van der Waals surface area contributed by atoms with Crippen molar-refractivity contribution in [2.24, 2.45) is 29.6 Å². The van der Waals surface area contributed by atoms with E-state index in [0.29, 0.717) is 0 Å². The lowest BCUT2D eigenvalue weighted by atomic mass is 9.66. The molecule has 3 saturated carbocycles.